The van der Waals surface area contributed by atoms with Gasteiger partial charge in [-0.05, 0) is 66.6 Å². The fraction of sp³-hybridized carbons (Fsp3) is 0.538. The van der Waals surface area contributed by atoms with Crippen LogP contribution in [0.5, 0.6) is 0 Å². The summed E-state index contributed by atoms with van der Waals surface area (Å²) in [6.07, 6.45) is 3.37. The van der Waals surface area contributed by atoms with E-state index in [1.165, 1.54) is 9.13 Å². The molecule has 1 aromatic rings. The van der Waals surface area contributed by atoms with Crippen LogP contribution in [0.15, 0.2) is 24.3 Å². The Bertz CT molecular complexity index is 286. The van der Waals surface area contributed by atoms with Gasteiger partial charge in [0.15, 0.2) is 0 Å². The number of halogens is 1. The van der Waals surface area contributed by atoms with Crippen molar-refractivity contribution < 1.29 is 4.74 Å². The van der Waals surface area contributed by atoms with Crippen molar-refractivity contribution in [2.45, 2.75) is 25.3 Å². The second kappa shape index (κ2) is 8.03. The molecule has 0 aromatic heterocycles. The lowest BCUT2D eigenvalue weighted by molar-refractivity contribution is 0.189. The quantitative estimate of drug-likeness (QED) is 0.612. The minimum Gasteiger partial charge on any atom is -0.385 e. The number of nitrogens with one attached hydrogen (secondary N) is 1. The van der Waals surface area contributed by atoms with Crippen LogP contribution in [0.25, 0.3) is 0 Å². The molecule has 0 fully saturated rings. The number of rotatable bonds is 7. The summed E-state index contributed by atoms with van der Waals surface area (Å²) in [6, 6.07) is 9.30. The van der Waals surface area contributed by atoms with E-state index >= 15 is 0 Å². The van der Waals surface area contributed by atoms with E-state index in [-0.39, 0.29) is 0 Å². The van der Waals surface area contributed by atoms with Crippen molar-refractivity contribution in [2.75, 3.05) is 20.8 Å². The molecule has 90 valence electrons. The van der Waals surface area contributed by atoms with Gasteiger partial charge in [-0.15, -0.1) is 0 Å². The fourth-order valence-corrected chi connectivity index (χ4v) is 2.09. The van der Waals surface area contributed by atoms with Crippen LogP contribution in [0.3, 0.4) is 0 Å². The Hall–Kier alpha value is -0.130. The molecule has 0 bridgehead atoms. The van der Waals surface area contributed by atoms with Crippen LogP contribution in [0, 0.1) is 3.57 Å². The van der Waals surface area contributed by atoms with Crippen molar-refractivity contribution in [1.82, 2.24) is 5.32 Å². The highest BCUT2D eigenvalue weighted by Crippen LogP contribution is 2.10. The first-order valence-corrected chi connectivity index (χ1v) is 6.74. The lowest BCUT2D eigenvalue weighted by Gasteiger charge is -2.16. The molecular formula is C13H20INO. The van der Waals surface area contributed by atoms with Gasteiger partial charge in [-0.2, -0.15) is 0 Å². The highest BCUT2D eigenvalue weighted by atomic mass is 127. The first kappa shape index (κ1) is 13.9. The Morgan fingerprint density at radius 1 is 1.31 bits per heavy atom. The lowest BCUT2D eigenvalue weighted by atomic mass is 10.0. The molecule has 1 N–H and O–H groups in total. The Morgan fingerprint density at radius 2 is 2.00 bits per heavy atom. The van der Waals surface area contributed by atoms with Crippen LogP contribution in [0.4, 0.5) is 0 Å². The third kappa shape index (κ3) is 5.27. The summed E-state index contributed by atoms with van der Waals surface area (Å²) in [5.41, 5.74) is 1.40. The summed E-state index contributed by atoms with van der Waals surface area (Å²) >= 11 is 2.33. The highest BCUT2D eigenvalue weighted by Gasteiger charge is 2.06. The predicted molar refractivity (Wildman–Crippen MR) is 76.8 cm³/mol. The number of hydrogen-bond acceptors (Lipinski definition) is 2. The number of benzene rings is 1. The summed E-state index contributed by atoms with van der Waals surface area (Å²) in [5.74, 6) is 0. The average molecular weight is 333 g/mol. The minimum atomic E-state index is 0.551. The van der Waals surface area contributed by atoms with Gasteiger partial charge in [0, 0.05) is 23.3 Å². The van der Waals surface area contributed by atoms with E-state index in [9.17, 15) is 0 Å². The number of likely N-dealkylation sites (N-methyl/N-ethyl adjacent to an activating group) is 1. The molecule has 0 amide bonds. The molecule has 0 saturated heterocycles. The zero-order valence-electron chi connectivity index (χ0n) is 10.0. The summed E-state index contributed by atoms with van der Waals surface area (Å²) in [7, 11) is 3.79. The Morgan fingerprint density at radius 3 is 2.56 bits per heavy atom. The van der Waals surface area contributed by atoms with Gasteiger partial charge in [-0.1, -0.05) is 12.1 Å². The zero-order chi connectivity index (χ0) is 11.8. The maximum Gasteiger partial charge on any atom is 0.0462 e. The third-order valence-corrected chi connectivity index (χ3v) is 3.42. The molecule has 0 aliphatic rings. The molecule has 16 heavy (non-hydrogen) atoms. The number of methoxy groups -OCH3 is 1. The molecule has 1 rings (SSSR count). The summed E-state index contributed by atoms with van der Waals surface area (Å²) in [4.78, 5) is 0. The van der Waals surface area contributed by atoms with Gasteiger partial charge in [-0.3, -0.25) is 0 Å². The molecule has 1 atom stereocenters. The Labute approximate surface area is 112 Å². The number of hydrogen-bond donors (Lipinski definition) is 1. The smallest absolute Gasteiger partial charge is 0.0462 e. The molecule has 1 aromatic carbocycles. The molecule has 1 unspecified atom stereocenters. The van der Waals surface area contributed by atoms with Crippen LogP contribution in [-0.4, -0.2) is 26.8 Å². The van der Waals surface area contributed by atoms with Crippen LogP contribution < -0.4 is 5.32 Å². The summed E-state index contributed by atoms with van der Waals surface area (Å²) in [5, 5.41) is 3.37. The Kier molecular flexibility index (Phi) is 7.00. The van der Waals surface area contributed by atoms with Gasteiger partial charge < -0.3 is 10.1 Å². The van der Waals surface area contributed by atoms with Crippen LogP contribution >= 0.6 is 22.6 Å². The van der Waals surface area contributed by atoms with Gasteiger partial charge in [0.1, 0.15) is 0 Å². The van der Waals surface area contributed by atoms with Crippen molar-refractivity contribution in [2.24, 2.45) is 0 Å². The van der Waals surface area contributed by atoms with E-state index in [1.54, 1.807) is 7.11 Å². The van der Waals surface area contributed by atoms with Crippen molar-refractivity contribution in [3.8, 4) is 0 Å². The highest BCUT2D eigenvalue weighted by molar-refractivity contribution is 14.1. The van der Waals surface area contributed by atoms with E-state index in [0.717, 1.165) is 25.9 Å². The molecule has 0 saturated carbocycles. The van der Waals surface area contributed by atoms with E-state index in [4.69, 9.17) is 4.74 Å². The van der Waals surface area contributed by atoms with Gasteiger partial charge in [-0.25, -0.2) is 0 Å². The first-order chi connectivity index (χ1) is 7.76. The zero-order valence-corrected chi connectivity index (χ0v) is 12.2. The van der Waals surface area contributed by atoms with Gasteiger partial charge in [0.05, 0.1) is 0 Å². The number of ether oxygens (including phenoxy) is 1. The third-order valence-electron chi connectivity index (χ3n) is 2.70. The molecule has 0 spiro atoms. The van der Waals surface area contributed by atoms with E-state index in [1.807, 2.05) is 7.05 Å². The SMILES string of the molecule is CNC(CCCOC)Cc1ccc(I)cc1. The molecule has 3 heteroatoms. The predicted octanol–water partition coefficient (Wildman–Crippen LogP) is 2.85. The second-order valence-electron chi connectivity index (χ2n) is 3.95. The van der Waals surface area contributed by atoms with Crippen LogP contribution in [-0.2, 0) is 11.2 Å². The Balaban J connectivity index is 2.40. The van der Waals surface area contributed by atoms with Crippen LogP contribution in [0.1, 0.15) is 18.4 Å². The normalized spacial score (nSPS) is 12.7. The maximum atomic E-state index is 5.07. The molecule has 0 radical (unpaired) electrons. The summed E-state index contributed by atoms with van der Waals surface area (Å²) in [6.45, 7) is 0.852. The lowest BCUT2D eigenvalue weighted by Crippen LogP contribution is -2.27. The van der Waals surface area contributed by atoms with E-state index in [0.29, 0.717) is 6.04 Å². The largest absolute Gasteiger partial charge is 0.385 e. The van der Waals surface area contributed by atoms with Crippen molar-refractivity contribution in [3.05, 3.63) is 33.4 Å². The molecule has 0 aliphatic carbocycles. The molecular weight excluding hydrogens is 313 g/mol. The summed E-state index contributed by atoms with van der Waals surface area (Å²) < 4.78 is 6.37. The monoisotopic (exact) mass is 333 g/mol. The first-order valence-electron chi connectivity index (χ1n) is 5.67. The van der Waals surface area contributed by atoms with Crippen molar-refractivity contribution in [3.63, 3.8) is 0 Å². The van der Waals surface area contributed by atoms with Crippen LogP contribution in [0.2, 0.25) is 0 Å². The average Bonchev–Trinajstić information content (AvgIpc) is 2.31. The van der Waals surface area contributed by atoms with E-state index < -0.39 is 0 Å². The standard InChI is InChI=1S/C13H20INO/c1-15-13(4-3-9-16-2)10-11-5-7-12(14)8-6-11/h5-8,13,15H,3-4,9-10H2,1-2H3. The van der Waals surface area contributed by atoms with Gasteiger partial charge >= 0.3 is 0 Å². The topological polar surface area (TPSA) is 21.3 Å². The second-order valence-corrected chi connectivity index (χ2v) is 5.20. The molecule has 0 heterocycles. The fourth-order valence-electron chi connectivity index (χ4n) is 1.73. The van der Waals surface area contributed by atoms with E-state index in [2.05, 4.69) is 52.2 Å². The molecule has 0 aliphatic heterocycles. The van der Waals surface area contributed by atoms with Gasteiger partial charge in [0.2, 0.25) is 0 Å². The van der Waals surface area contributed by atoms with Gasteiger partial charge in [0.25, 0.3) is 0 Å². The van der Waals surface area contributed by atoms with Crippen molar-refractivity contribution >= 4 is 22.6 Å². The van der Waals surface area contributed by atoms with Crippen molar-refractivity contribution in [1.29, 1.82) is 0 Å². The minimum absolute atomic E-state index is 0.551. The molecule has 2 nitrogen and oxygen atoms in total. The maximum absolute atomic E-state index is 5.07.